The summed E-state index contributed by atoms with van der Waals surface area (Å²) < 4.78 is 2.07. The van der Waals surface area contributed by atoms with Gasteiger partial charge in [-0.05, 0) is 12.1 Å². The van der Waals surface area contributed by atoms with E-state index >= 15 is 0 Å². The molecule has 1 aliphatic rings. The maximum Gasteiger partial charge on any atom is 0.233 e. The summed E-state index contributed by atoms with van der Waals surface area (Å²) in [5.41, 5.74) is 0.983. The van der Waals surface area contributed by atoms with Gasteiger partial charge in [0.2, 0.25) is 12.3 Å². The van der Waals surface area contributed by atoms with Gasteiger partial charge in [0.25, 0.3) is 0 Å². The van der Waals surface area contributed by atoms with E-state index in [-0.39, 0.29) is 5.91 Å². The molecule has 3 rings (SSSR count). The summed E-state index contributed by atoms with van der Waals surface area (Å²) in [6.07, 6.45) is 0.845. The summed E-state index contributed by atoms with van der Waals surface area (Å²) >= 11 is 3.10. The highest BCUT2D eigenvalue weighted by Gasteiger charge is 2.20. The van der Waals surface area contributed by atoms with Gasteiger partial charge in [0, 0.05) is 26.2 Å². The lowest BCUT2D eigenvalue weighted by atomic mass is 10.3. The molecule has 1 saturated heterocycles. The lowest BCUT2D eigenvalue weighted by Gasteiger charge is -2.32. The number of benzene rings is 1. The van der Waals surface area contributed by atoms with E-state index in [4.69, 9.17) is 0 Å². The Labute approximate surface area is 130 Å². The first kappa shape index (κ1) is 14.3. The summed E-state index contributed by atoms with van der Waals surface area (Å²) in [5, 5.41) is 0. The zero-order valence-electron chi connectivity index (χ0n) is 11.4. The van der Waals surface area contributed by atoms with Crippen molar-refractivity contribution >= 4 is 45.6 Å². The highest BCUT2D eigenvalue weighted by molar-refractivity contribution is 8.01. The Morgan fingerprint density at radius 1 is 1.29 bits per heavy atom. The minimum Gasteiger partial charge on any atom is -0.342 e. The van der Waals surface area contributed by atoms with E-state index < -0.39 is 0 Å². The molecular formula is C14H15N3O2S2. The second-order valence-electron chi connectivity index (χ2n) is 4.76. The molecule has 21 heavy (non-hydrogen) atoms. The zero-order valence-corrected chi connectivity index (χ0v) is 13.0. The Bertz CT molecular complexity index is 617. The quantitative estimate of drug-likeness (QED) is 0.635. The third-order valence-corrected chi connectivity index (χ3v) is 5.57. The first-order valence-electron chi connectivity index (χ1n) is 6.72. The first-order valence-corrected chi connectivity index (χ1v) is 8.52. The van der Waals surface area contributed by atoms with Gasteiger partial charge in [-0.3, -0.25) is 9.59 Å². The second kappa shape index (κ2) is 6.44. The van der Waals surface area contributed by atoms with Gasteiger partial charge in [-0.25, -0.2) is 4.98 Å². The van der Waals surface area contributed by atoms with Crippen LogP contribution in [0.15, 0.2) is 28.6 Å². The van der Waals surface area contributed by atoms with Crippen LogP contribution in [-0.2, 0) is 9.59 Å². The van der Waals surface area contributed by atoms with Gasteiger partial charge < -0.3 is 9.80 Å². The number of nitrogens with zero attached hydrogens (tertiary/aromatic N) is 3. The maximum atomic E-state index is 12.2. The molecule has 1 fully saturated rings. The number of carbonyl (C=O) groups excluding carboxylic acids is 2. The number of thiazole rings is 1. The fourth-order valence-electron chi connectivity index (χ4n) is 2.20. The standard InChI is InChI=1S/C14H15N3O2S2/c18-10-16-5-7-17(8-6-16)13(19)9-20-14-15-11-3-1-2-4-12(11)21-14/h1-4,10H,5-9H2. The number of hydrogen-bond donors (Lipinski definition) is 0. The van der Waals surface area contributed by atoms with Gasteiger partial charge in [-0.2, -0.15) is 0 Å². The minimum atomic E-state index is 0.116. The molecule has 110 valence electrons. The number of thioether (sulfide) groups is 1. The van der Waals surface area contributed by atoms with Crippen LogP contribution < -0.4 is 0 Å². The van der Waals surface area contributed by atoms with E-state index in [9.17, 15) is 9.59 Å². The molecule has 7 heteroatoms. The number of hydrogen-bond acceptors (Lipinski definition) is 5. The molecule has 0 radical (unpaired) electrons. The van der Waals surface area contributed by atoms with Crippen molar-refractivity contribution in [3.63, 3.8) is 0 Å². The fraction of sp³-hybridized carbons (Fsp3) is 0.357. The third kappa shape index (κ3) is 3.36. The number of amides is 2. The van der Waals surface area contributed by atoms with E-state index in [0.717, 1.165) is 21.0 Å². The fourth-order valence-corrected chi connectivity index (χ4v) is 4.18. The number of piperazine rings is 1. The van der Waals surface area contributed by atoms with Gasteiger partial charge in [-0.15, -0.1) is 11.3 Å². The summed E-state index contributed by atoms with van der Waals surface area (Å²) in [6.45, 7) is 2.50. The molecule has 1 aliphatic heterocycles. The molecule has 0 unspecified atom stereocenters. The minimum absolute atomic E-state index is 0.116. The molecule has 0 spiro atoms. The lowest BCUT2D eigenvalue weighted by Crippen LogP contribution is -2.48. The van der Waals surface area contributed by atoms with Gasteiger partial charge >= 0.3 is 0 Å². The van der Waals surface area contributed by atoms with Crippen LogP contribution in [0.3, 0.4) is 0 Å². The molecule has 2 heterocycles. The van der Waals surface area contributed by atoms with E-state index in [1.807, 2.05) is 29.2 Å². The Kier molecular flexibility index (Phi) is 4.40. The molecule has 2 amide bonds. The van der Waals surface area contributed by atoms with Crippen LogP contribution in [0, 0.1) is 0 Å². The Balaban J connectivity index is 1.55. The first-order chi connectivity index (χ1) is 10.3. The molecule has 2 aromatic rings. The molecule has 0 N–H and O–H groups in total. The van der Waals surface area contributed by atoms with Crippen molar-refractivity contribution in [3.05, 3.63) is 24.3 Å². The predicted octanol–water partition coefficient (Wildman–Crippen LogP) is 1.69. The van der Waals surface area contributed by atoms with Crippen LogP contribution >= 0.6 is 23.1 Å². The largest absolute Gasteiger partial charge is 0.342 e. The number of para-hydroxylation sites is 1. The molecule has 1 aromatic carbocycles. The molecular weight excluding hydrogens is 306 g/mol. The van der Waals surface area contributed by atoms with Gasteiger partial charge in [0.15, 0.2) is 4.34 Å². The molecule has 0 atom stereocenters. The highest BCUT2D eigenvalue weighted by atomic mass is 32.2. The molecule has 1 aromatic heterocycles. The van der Waals surface area contributed by atoms with Crippen LogP contribution in [0.25, 0.3) is 10.2 Å². The van der Waals surface area contributed by atoms with Crippen LogP contribution in [0.5, 0.6) is 0 Å². The summed E-state index contributed by atoms with van der Waals surface area (Å²) in [7, 11) is 0. The van der Waals surface area contributed by atoms with Crippen LogP contribution in [0.1, 0.15) is 0 Å². The van der Waals surface area contributed by atoms with Gasteiger partial charge in [0.05, 0.1) is 16.0 Å². The predicted molar refractivity (Wildman–Crippen MR) is 84.6 cm³/mol. The molecule has 0 bridgehead atoms. The van der Waals surface area contributed by atoms with Crippen LogP contribution in [0.2, 0.25) is 0 Å². The lowest BCUT2D eigenvalue weighted by molar-refractivity contribution is -0.132. The van der Waals surface area contributed by atoms with Crippen molar-refractivity contribution in [2.75, 3.05) is 31.9 Å². The Morgan fingerprint density at radius 2 is 2.05 bits per heavy atom. The third-order valence-electron chi connectivity index (χ3n) is 3.41. The van der Waals surface area contributed by atoms with Crippen molar-refractivity contribution in [1.82, 2.24) is 14.8 Å². The smallest absolute Gasteiger partial charge is 0.233 e. The monoisotopic (exact) mass is 321 g/mol. The Hall–Kier alpha value is -1.60. The average Bonchev–Trinajstić information content (AvgIpc) is 2.95. The summed E-state index contributed by atoms with van der Waals surface area (Å²) in [6, 6.07) is 7.98. The topological polar surface area (TPSA) is 53.5 Å². The van der Waals surface area contributed by atoms with Crippen molar-refractivity contribution in [2.45, 2.75) is 4.34 Å². The van der Waals surface area contributed by atoms with Crippen molar-refractivity contribution in [1.29, 1.82) is 0 Å². The van der Waals surface area contributed by atoms with E-state index in [2.05, 4.69) is 4.98 Å². The summed E-state index contributed by atoms with van der Waals surface area (Å²) in [4.78, 5) is 30.8. The summed E-state index contributed by atoms with van der Waals surface area (Å²) in [5.74, 6) is 0.519. The van der Waals surface area contributed by atoms with Gasteiger partial charge in [-0.1, -0.05) is 23.9 Å². The van der Waals surface area contributed by atoms with E-state index in [1.54, 1.807) is 16.2 Å². The normalized spacial score (nSPS) is 15.4. The maximum absolute atomic E-state index is 12.2. The molecule has 5 nitrogen and oxygen atoms in total. The second-order valence-corrected chi connectivity index (χ2v) is 7.01. The number of fused-ring (bicyclic) bond motifs is 1. The van der Waals surface area contributed by atoms with Crippen molar-refractivity contribution < 1.29 is 9.59 Å². The number of aromatic nitrogens is 1. The highest BCUT2D eigenvalue weighted by Crippen LogP contribution is 2.29. The number of carbonyl (C=O) groups is 2. The van der Waals surface area contributed by atoms with Crippen LogP contribution in [-0.4, -0.2) is 59.0 Å². The zero-order chi connectivity index (χ0) is 14.7. The van der Waals surface area contributed by atoms with E-state index in [1.165, 1.54) is 11.8 Å². The van der Waals surface area contributed by atoms with Crippen molar-refractivity contribution in [2.24, 2.45) is 0 Å². The van der Waals surface area contributed by atoms with E-state index in [0.29, 0.717) is 31.9 Å². The van der Waals surface area contributed by atoms with Crippen LogP contribution in [0.4, 0.5) is 0 Å². The molecule has 0 saturated carbocycles. The molecule has 0 aliphatic carbocycles. The Morgan fingerprint density at radius 3 is 2.76 bits per heavy atom. The SMILES string of the molecule is O=CN1CCN(C(=O)CSc2nc3ccccc3s2)CC1. The number of rotatable bonds is 4. The van der Waals surface area contributed by atoms with Gasteiger partial charge in [0.1, 0.15) is 0 Å². The van der Waals surface area contributed by atoms with Crippen molar-refractivity contribution in [3.8, 4) is 0 Å². The average molecular weight is 321 g/mol.